The average molecular weight is 475 g/mol. The topological polar surface area (TPSA) is 114 Å². The number of methoxy groups -OCH3 is 1. The van der Waals surface area contributed by atoms with Crippen LogP contribution in [0.3, 0.4) is 0 Å². The molecule has 0 aliphatic heterocycles. The van der Waals surface area contributed by atoms with E-state index in [-0.39, 0.29) is 36.9 Å². The highest BCUT2D eigenvalue weighted by Crippen LogP contribution is 2.28. The van der Waals surface area contributed by atoms with E-state index in [0.717, 1.165) is 0 Å². The van der Waals surface area contributed by atoms with Crippen LogP contribution in [0.15, 0.2) is 42.5 Å². The summed E-state index contributed by atoms with van der Waals surface area (Å²) in [4.78, 5) is 35.6. The van der Waals surface area contributed by atoms with Gasteiger partial charge in [-0.3, -0.25) is 14.4 Å². The van der Waals surface area contributed by atoms with E-state index in [1.165, 1.54) is 7.11 Å². The fraction of sp³-hybridized carbons (Fsp3) is 0.375. The molecule has 2 amide bonds. The van der Waals surface area contributed by atoms with Crippen molar-refractivity contribution in [1.82, 2.24) is 10.6 Å². The molecule has 2 aromatic carbocycles. The highest BCUT2D eigenvalue weighted by atomic mass is 35.5. The first-order valence-electron chi connectivity index (χ1n) is 10.8. The molecule has 3 N–H and O–H groups in total. The maximum Gasteiger partial charge on any atom is 0.306 e. The van der Waals surface area contributed by atoms with Gasteiger partial charge in [0.1, 0.15) is 11.5 Å². The summed E-state index contributed by atoms with van der Waals surface area (Å²) < 4.78 is 11.0. The Morgan fingerprint density at radius 3 is 2.09 bits per heavy atom. The summed E-state index contributed by atoms with van der Waals surface area (Å²) in [6, 6.07) is 11.5. The second kappa shape index (κ2) is 11.6. The van der Waals surface area contributed by atoms with Crippen molar-refractivity contribution in [2.75, 3.05) is 20.2 Å². The number of rotatable bonds is 9. The number of halogens is 1. The maximum absolute atomic E-state index is 12.3. The molecule has 1 fully saturated rings. The Morgan fingerprint density at radius 1 is 0.939 bits per heavy atom. The summed E-state index contributed by atoms with van der Waals surface area (Å²) in [5.74, 6) is -0.513. The van der Waals surface area contributed by atoms with Crippen LogP contribution >= 0.6 is 11.6 Å². The van der Waals surface area contributed by atoms with Gasteiger partial charge in [-0.15, -0.1) is 0 Å². The number of carbonyl (C=O) groups is 3. The fourth-order valence-electron chi connectivity index (χ4n) is 3.66. The Balaban J connectivity index is 1.40. The largest absolute Gasteiger partial charge is 0.495 e. The van der Waals surface area contributed by atoms with Gasteiger partial charge < -0.3 is 25.2 Å². The van der Waals surface area contributed by atoms with Gasteiger partial charge in [0, 0.05) is 24.2 Å². The summed E-state index contributed by atoms with van der Waals surface area (Å²) >= 11 is 5.96. The van der Waals surface area contributed by atoms with Crippen LogP contribution in [0.1, 0.15) is 46.4 Å². The number of benzene rings is 2. The van der Waals surface area contributed by atoms with Crippen LogP contribution in [0.2, 0.25) is 5.02 Å². The number of aliphatic carboxylic acids is 1. The Kier molecular flexibility index (Phi) is 8.54. The van der Waals surface area contributed by atoms with Crippen molar-refractivity contribution in [3.8, 4) is 11.5 Å². The molecular formula is C24H27ClN2O6. The monoisotopic (exact) mass is 474 g/mol. The molecule has 0 aromatic heterocycles. The highest BCUT2D eigenvalue weighted by Gasteiger charge is 2.26. The number of hydrogen-bond donors (Lipinski definition) is 3. The quantitative estimate of drug-likeness (QED) is 0.479. The lowest BCUT2D eigenvalue weighted by Gasteiger charge is -2.26. The summed E-state index contributed by atoms with van der Waals surface area (Å²) in [5.41, 5.74) is 0.889. The van der Waals surface area contributed by atoms with Crippen LogP contribution < -0.4 is 20.1 Å². The van der Waals surface area contributed by atoms with Crippen LogP contribution in [0.25, 0.3) is 0 Å². The molecule has 1 aliphatic rings. The van der Waals surface area contributed by atoms with E-state index in [1.54, 1.807) is 42.5 Å². The third-order valence-corrected chi connectivity index (χ3v) is 5.86. The standard InChI is InChI=1S/C24H27ClN2O6/c1-32-21-14-17(6-11-20(21)25)23(29)27-13-12-26-22(28)15-2-7-18(8-3-15)33-19-9-4-16(5-10-19)24(30)31/h2-3,6-8,11,14,16,19H,4-5,9-10,12-13H2,1H3,(H,26,28)(H,27,29)(H,30,31). The van der Waals surface area contributed by atoms with Crippen molar-refractivity contribution < 1.29 is 29.0 Å². The SMILES string of the molecule is COc1cc(C(=O)NCCNC(=O)c2ccc(OC3CCC(C(=O)O)CC3)cc2)ccc1Cl. The van der Waals surface area contributed by atoms with Gasteiger partial charge in [-0.2, -0.15) is 0 Å². The van der Waals surface area contributed by atoms with Crippen LogP contribution in [-0.4, -0.2) is 49.2 Å². The first-order chi connectivity index (χ1) is 15.9. The van der Waals surface area contributed by atoms with E-state index >= 15 is 0 Å². The number of carboxylic acids is 1. The van der Waals surface area contributed by atoms with Crippen molar-refractivity contribution in [3.05, 3.63) is 58.6 Å². The van der Waals surface area contributed by atoms with Crippen LogP contribution in [0, 0.1) is 5.92 Å². The minimum atomic E-state index is -0.742. The Labute approximate surface area is 197 Å². The second-order valence-corrected chi connectivity index (χ2v) is 8.22. The van der Waals surface area contributed by atoms with Gasteiger partial charge in [-0.05, 0) is 68.1 Å². The molecule has 1 saturated carbocycles. The zero-order valence-corrected chi connectivity index (χ0v) is 19.1. The highest BCUT2D eigenvalue weighted by molar-refractivity contribution is 6.32. The zero-order valence-electron chi connectivity index (χ0n) is 18.3. The molecule has 0 radical (unpaired) electrons. The van der Waals surface area contributed by atoms with Gasteiger partial charge in [0.15, 0.2) is 0 Å². The zero-order chi connectivity index (χ0) is 23.8. The van der Waals surface area contributed by atoms with Crippen molar-refractivity contribution in [1.29, 1.82) is 0 Å². The van der Waals surface area contributed by atoms with E-state index in [9.17, 15) is 14.4 Å². The minimum Gasteiger partial charge on any atom is -0.495 e. The minimum absolute atomic E-state index is 0.00973. The smallest absolute Gasteiger partial charge is 0.306 e. The summed E-state index contributed by atoms with van der Waals surface area (Å²) in [6.07, 6.45) is 2.62. The average Bonchev–Trinajstić information content (AvgIpc) is 2.82. The summed E-state index contributed by atoms with van der Waals surface area (Å²) in [5, 5.41) is 15.0. The van der Waals surface area contributed by atoms with Crippen LogP contribution in [0.5, 0.6) is 11.5 Å². The number of hydrogen-bond acceptors (Lipinski definition) is 5. The van der Waals surface area contributed by atoms with E-state index in [4.69, 9.17) is 26.2 Å². The van der Waals surface area contributed by atoms with Crippen molar-refractivity contribution >= 4 is 29.4 Å². The van der Waals surface area contributed by atoms with Crippen molar-refractivity contribution in [2.45, 2.75) is 31.8 Å². The molecule has 2 aromatic rings. The first-order valence-corrected chi connectivity index (χ1v) is 11.1. The second-order valence-electron chi connectivity index (χ2n) is 7.82. The number of carbonyl (C=O) groups excluding carboxylic acids is 2. The third-order valence-electron chi connectivity index (χ3n) is 5.55. The summed E-state index contributed by atoms with van der Waals surface area (Å²) in [7, 11) is 1.48. The maximum atomic E-state index is 12.3. The van der Waals surface area contributed by atoms with Gasteiger partial charge >= 0.3 is 5.97 Å². The first kappa shape index (κ1) is 24.4. The van der Waals surface area contributed by atoms with Gasteiger partial charge in [-0.1, -0.05) is 11.6 Å². The molecule has 0 bridgehead atoms. The Hall–Kier alpha value is -3.26. The summed E-state index contributed by atoms with van der Waals surface area (Å²) in [6.45, 7) is 0.524. The molecule has 3 rings (SSSR count). The molecule has 0 unspecified atom stereocenters. The number of carboxylic acid groups (broad SMARTS) is 1. The third kappa shape index (κ3) is 6.86. The Bertz CT molecular complexity index is 987. The predicted octanol–water partition coefficient (Wildman–Crippen LogP) is 3.53. The fourth-order valence-corrected chi connectivity index (χ4v) is 3.86. The molecule has 176 valence electrons. The van der Waals surface area contributed by atoms with E-state index in [1.807, 2.05) is 0 Å². The molecule has 33 heavy (non-hydrogen) atoms. The van der Waals surface area contributed by atoms with E-state index in [0.29, 0.717) is 53.3 Å². The van der Waals surface area contributed by atoms with Gasteiger partial charge in [0.25, 0.3) is 11.8 Å². The van der Waals surface area contributed by atoms with Crippen molar-refractivity contribution in [2.24, 2.45) is 5.92 Å². The molecule has 0 atom stereocenters. The lowest BCUT2D eigenvalue weighted by atomic mass is 9.87. The van der Waals surface area contributed by atoms with Crippen molar-refractivity contribution in [3.63, 3.8) is 0 Å². The molecule has 0 saturated heterocycles. The molecule has 1 aliphatic carbocycles. The molecule has 0 heterocycles. The van der Waals surface area contributed by atoms with E-state index in [2.05, 4.69) is 10.6 Å². The lowest BCUT2D eigenvalue weighted by Crippen LogP contribution is -2.34. The van der Waals surface area contributed by atoms with Gasteiger partial charge in [0.2, 0.25) is 0 Å². The molecular weight excluding hydrogens is 448 g/mol. The van der Waals surface area contributed by atoms with Crippen LogP contribution in [0.4, 0.5) is 0 Å². The lowest BCUT2D eigenvalue weighted by molar-refractivity contribution is -0.143. The number of ether oxygens (including phenoxy) is 2. The molecule has 8 nitrogen and oxygen atoms in total. The normalized spacial score (nSPS) is 17.6. The number of amides is 2. The Morgan fingerprint density at radius 2 is 1.52 bits per heavy atom. The number of nitrogens with one attached hydrogen (secondary N) is 2. The van der Waals surface area contributed by atoms with Gasteiger partial charge in [-0.25, -0.2) is 0 Å². The van der Waals surface area contributed by atoms with E-state index < -0.39 is 5.97 Å². The van der Waals surface area contributed by atoms with Crippen LogP contribution in [-0.2, 0) is 4.79 Å². The molecule has 0 spiro atoms. The van der Waals surface area contributed by atoms with Gasteiger partial charge in [0.05, 0.1) is 24.2 Å². The molecule has 9 heteroatoms. The predicted molar refractivity (Wildman–Crippen MR) is 123 cm³/mol.